The minimum absolute atomic E-state index is 0.475. The van der Waals surface area contributed by atoms with Crippen LogP contribution in [0.4, 0.5) is 0 Å². The second-order valence-electron chi connectivity index (χ2n) is 4.80. The van der Waals surface area contributed by atoms with E-state index in [1.54, 1.807) is 0 Å². The van der Waals surface area contributed by atoms with Gasteiger partial charge < -0.3 is 5.32 Å². The van der Waals surface area contributed by atoms with Crippen LogP contribution in [0.25, 0.3) is 0 Å². The van der Waals surface area contributed by atoms with E-state index in [0.717, 1.165) is 18.9 Å². The SMILES string of the molecule is CC(C)n1ccc(CC2CCCNC2)n1. The van der Waals surface area contributed by atoms with Crippen molar-refractivity contribution in [3.8, 4) is 0 Å². The molecular weight excluding hydrogens is 186 g/mol. The number of nitrogens with one attached hydrogen (secondary N) is 1. The number of nitrogens with zero attached hydrogens (tertiary/aromatic N) is 2. The summed E-state index contributed by atoms with van der Waals surface area (Å²) in [6, 6.07) is 2.64. The van der Waals surface area contributed by atoms with Gasteiger partial charge in [0.1, 0.15) is 0 Å². The third kappa shape index (κ3) is 2.81. The molecule has 15 heavy (non-hydrogen) atoms. The molecule has 0 saturated carbocycles. The number of rotatable bonds is 3. The lowest BCUT2D eigenvalue weighted by atomic mass is 9.95. The molecule has 1 aromatic heterocycles. The van der Waals surface area contributed by atoms with Crippen molar-refractivity contribution in [2.75, 3.05) is 13.1 Å². The summed E-state index contributed by atoms with van der Waals surface area (Å²) >= 11 is 0. The first kappa shape index (κ1) is 10.7. The highest BCUT2D eigenvalue weighted by molar-refractivity contribution is 5.01. The fraction of sp³-hybridized carbons (Fsp3) is 0.750. The minimum atomic E-state index is 0.475. The Labute approximate surface area is 91.9 Å². The van der Waals surface area contributed by atoms with E-state index in [4.69, 9.17) is 0 Å². The van der Waals surface area contributed by atoms with Gasteiger partial charge in [-0.3, -0.25) is 4.68 Å². The quantitative estimate of drug-likeness (QED) is 0.821. The van der Waals surface area contributed by atoms with Crippen molar-refractivity contribution in [2.24, 2.45) is 5.92 Å². The summed E-state index contributed by atoms with van der Waals surface area (Å²) < 4.78 is 2.05. The van der Waals surface area contributed by atoms with Crippen LogP contribution >= 0.6 is 0 Å². The van der Waals surface area contributed by atoms with Crippen LogP contribution < -0.4 is 5.32 Å². The van der Waals surface area contributed by atoms with Gasteiger partial charge in [0.05, 0.1) is 5.69 Å². The molecule has 0 bridgehead atoms. The minimum Gasteiger partial charge on any atom is -0.316 e. The van der Waals surface area contributed by atoms with Crippen molar-refractivity contribution in [1.29, 1.82) is 0 Å². The Morgan fingerprint density at radius 3 is 3.07 bits per heavy atom. The molecular formula is C12H21N3. The number of aromatic nitrogens is 2. The van der Waals surface area contributed by atoms with Crippen molar-refractivity contribution in [3.05, 3.63) is 18.0 Å². The molecule has 1 atom stereocenters. The Hall–Kier alpha value is -0.830. The summed E-state index contributed by atoms with van der Waals surface area (Å²) in [6.07, 6.45) is 5.89. The van der Waals surface area contributed by atoms with E-state index in [0.29, 0.717) is 6.04 Å². The Morgan fingerprint density at radius 2 is 2.47 bits per heavy atom. The predicted molar refractivity (Wildman–Crippen MR) is 61.9 cm³/mol. The third-order valence-electron chi connectivity index (χ3n) is 3.09. The van der Waals surface area contributed by atoms with Crippen molar-refractivity contribution >= 4 is 0 Å². The number of hydrogen-bond acceptors (Lipinski definition) is 2. The zero-order valence-corrected chi connectivity index (χ0v) is 9.74. The molecule has 1 fully saturated rings. The van der Waals surface area contributed by atoms with Gasteiger partial charge in [-0.1, -0.05) is 0 Å². The molecule has 0 aliphatic carbocycles. The van der Waals surface area contributed by atoms with Gasteiger partial charge in [-0.05, 0) is 58.2 Å². The largest absolute Gasteiger partial charge is 0.316 e. The fourth-order valence-corrected chi connectivity index (χ4v) is 2.17. The van der Waals surface area contributed by atoms with Crippen LogP contribution in [0.1, 0.15) is 38.4 Å². The zero-order chi connectivity index (χ0) is 10.7. The maximum atomic E-state index is 4.59. The topological polar surface area (TPSA) is 29.9 Å². The van der Waals surface area contributed by atoms with Crippen LogP contribution in [0.2, 0.25) is 0 Å². The lowest BCUT2D eigenvalue weighted by Gasteiger charge is -2.21. The maximum Gasteiger partial charge on any atom is 0.0627 e. The predicted octanol–water partition coefficient (Wildman–Crippen LogP) is 2.01. The van der Waals surface area contributed by atoms with Gasteiger partial charge in [-0.15, -0.1) is 0 Å². The lowest BCUT2D eigenvalue weighted by Crippen LogP contribution is -2.30. The van der Waals surface area contributed by atoms with E-state index >= 15 is 0 Å². The molecule has 2 rings (SSSR count). The van der Waals surface area contributed by atoms with Gasteiger partial charge in [0.2, 0.25) is 0 Å². The first-order valence-corrected chi connectivity index (χ1v) is 6.00. The van der Waals surface area contributed by atoms with Crippen molar-refractivity contribution in [1.82, 2.24) is 15.1 Å². The first-order chi connectivity index (χ1) is 7.25. The van der Waals surface area contributed by atoms with Crippen LogP contribution in [-0.4, -0.2) is 22.9 Å². The molecule has 84 valence electrons. The average Bonchev–Trinajstić information content (AvgIpc) is 2.68. The van der Waals surface area contributed by atoms with Crippen molar-refractivity contribution in [2.45, 2.75) is 39.2 Å². The number of piperidine rings is 1. The lowest BCUT2D eigenvalue weighted by molar-refractivity contribution is 0.371. The van der Waals surface area contributed by atoms with Gasteiger partial charge in [0.15, 0.2) is 0 Å². The smallest absolute Gasteiger partial charge is 0.0627 e. The van der Waals surface area contributed by atoms with Crippen molar-refractivity contribution < 1.29 is 0 Å². The maximum absolute atomic E-state index is 4.59. The van der Waals surface area contributed by atoms with Crippen LogP contribution in [-0.2, 0) is 6.42 Å². The van der Waals surface area contributed by atoms with Gasteiger partial charge >= 0.3 is 0 Å². The monoisotopic (exact) mass is 207 g/mol. The molecule has 1 saturated heterocycles. The van der Waals surface area contributed by atoms with Crippen molar-refractivity contribution in [3.63, 3.8) is 0 Å². The molecule has 0 amide bonds. The Bertz CT molecular complexity index is 298. The third-order valence-corrected chi connectivity index (χ3v) is 3.09. The molecule has 1 aromatic rings. The second-order valence-corrected chi connectivity index (χ2v) is 4.80. The van der Waals surface area contributed by atoms with E-state index in [1.165, 1.54) is 25.1 Å². The van der Waals surface area contributed by atoms with Crippen LogP contribution in [0.15, 0.2) is 12.3 Å². The van der Waals surface area contributed by atoms with Gasteiger partial charge in [-0.2, -0.15) is 5.10 Å². The summed E-state index contributed by atoms with van der Waals surface area (Å²) in [6.45, 7) is 6.68. The number of hydrogen-bond donors (Lipinski definition) is 1. The molecule has 0 spiro atoms. The summed E-state index contributed by atoms with van der Waals surface area (Å²) in [5, 5.41) is 8.04. The van der Waals surface area contributed by atoms with E-state index in [9.17, 15) is 0 Å². The normalized spacial score (nSPS) is 22.2. The Morgan fingerprint density at radius 1 is 1.60 bits per heavy atom. The van der Waals surface area contributed by atoms with E-state index in [-0.39, 0.29) is 0 Å². The van der Waals surface area contributed by atoms with Crippen LogP contribution in [0.5, 0.6) is 0 Å². The second kappa shape index (κ2) is 4.79. The highest BCUT2D eigenvalue weighted by atomic mass is 15.3. The molecule has 0 aromatic carbocycles. The average molecular weight is 207 g/mol. The van der Waals surface area contributed by atoms with E-state index < -0.39 is 0 Å². The summed E-state index contributed by atoms with van der Waals surface area (Å²) in [4.78, 5) is 0. The highest BCUT2D eigenvalue weighted by Gasteiger charge is 2.14. The Kier molecular flexibility index (Phi) is 3.41. The van der Waals surface area contributed by atoms with E-state index in [2.05, 4.69) is 36.5 Å². The molecule has 2 heterocycles. The molecule has 1 aliphatic rings. The van der Waals surface area contributed by atoms with Crippen LogP contribution in [0.3, 0.4) is 0 Å². The molecule has 0 radical (unpaired) electrons. The molecule has 3 nitrogen and oxygen atoms in total. The first-order valence-electron chi connectivity index (χ1n) is 6.00. The standard InChI is InChI=1S/C12H21N3/c1-10(2)15-7-5-12(14-15)8-11-4-3-6-13-9-11/h5,7,10-11,13H,3-4,6,8-9H2,1-2H3. The van der Waals surface area contributed by atoms with Gasteiger partial charge in [0.25, 0.3) is 0 Å². The molecule has 1 N–H and O–H groups in total. The summed E-state index contributed by atoms with van der Waals surface area (Å²) in [7, 11) is 0. The van der Waals surface area contributed by atoms with Gasteiger partial charge in [0, 0.05) is 12.2 Å². The summed E-state index contributed by atoms with van der Waals surface area (Å²) in [5.41, 5.74) is 1.25. The van der Waals surface area contributed by atoms with Crippen LogP contribution in [0, 0.1) is 5.92 Å². The van der Waals surface area contributed by atoms with E-state index in [1.807, 2.05) is 4.68 Å². The highest BCUT2D eigenvalue weighted by Crippen LogP contribution is 2.15. The van der Waals surface area contributed by atoms with Gasteiger partial charge in [-0.25, -0.2) is 0 Å². The summed E-state index contributed by atoms with van der Waals surface area (Å²) in [5.74, 6) is 0.786. The fourth-order valence-electron chi connectivity index (χ4n) is 2.17. The molecule has 1 aliphatic heterocycles. The Balaban J connectivity index is 1.91. The molecule has 1 unspecified atom stereocenters. The zero-order valence-electron chi connectivity index (χ0n) is 9.74. The molecule has 3 heteroatoms.